The molecule has 4 nitrogen and oxygen atoms in total. The van der Waals surface area contributed by atoms with Gasteiger partial charge < -0.3 is 5.73 Å². The normalized spacial score (nSPS) is 9.73. The first-order valence-corrected chi connectivity index (χ1v) is 4.69. The molecule has 78 valence electrons. The zero-order valence-electron chi connectivity index (χ0n) is 8.47. The molecule has 0 aromatic carbocycles. The first-order valence-electron chi connectivity index (χ1n) is 4.31. The Bertz CT molecular complexity index is 463. The lowest BCUT2D eigenvalue weighted by atomic mass is 10.1. The highest BCUT2D eigenvalue weighted by Gasteiger charge is 2.15. The van der Waals surface area contributed by atoms with E-state index in [-0.39, 0.29) is 28.6 Å². The van der Waals surface area contributed by atoms with Crippen molar-refractivity contribution in [3.05, 3.63) is 21.8 Å². The molecule has 15 heavy (non-hydrogen) atoms. The number of nitrogens with two attached hydrogens (primary N) is 1. The van der Waals surface area contributed by atoms with E-state index in [2.05, 4.69) is 4.98 Å². The third kappa shape index (κ3) is 2.25. The first-order chi connectivity index (χ1) is 6.97. The summed E-state index contributed by atoms with van der Waals surface area (Å²) in [6.07, 6.45) is 0.173. The Kier molecular flexibility index (Phi) is 3.28. The molecule has 1 rings (SSSR count). The SMILES string of the molecule is CC(=O)Cc1c(C)nc(N)c(C#N)c1Cl. The summed E-state index contributed by atoms with van der Waals surface area (Å²) in [5.74, 6) is 0.0720. The van der Waals surface area contributed by atoms with Gasteiger partial charge in [0, 0.05) is 17.7 Å². The number of nitriles is 1. The van der Waals surface area contributed by atoms with Gasteiger partial charge in [-0.3, -0.25) is 4.79 Å². The fourth-order valence-corrected chi connectivity index (χ4v) is 1.63. The van der Waals surface area contributed by atoms with Crippen molar-refractivity contribution >= 4 is 23.2 Å². The predicted octanol–water partition coefficient (Wildman–Crippen LogP) is 1.63. The summed E-state index contributed by atoms with van der Waals surface area (Å²) in [6, 6.07) is 1.87. The second-order valence-corrected chi connectivity index (χ2v) is 3.62. The van der Waals surface area contributed by atoms with E-state index in [0.29, 0.717) is 11.3 Å². The third-order valence-electron chi connectivity index (χ3n) is 2.00. The predicted molar refractivity (Wildman–Crippen MR) is 57.5 cm³/mol. The maximum atomic E-state index is 11.0. The number of aryl methyl sites for hydroxylation is 1. The minimum atomic E-state index is -0.0320. The van der Waals surface area contributed by atoms with Crippen LogP contribution in [0.5, 0.6) is 0 Å². The number of rotatable bonds is 2. The van der Waals surface area contributed by atoms with E-state index in [1.165, 1.54) is 6.92 Å². The van der Waals surface area contributed by atoms with Crippen molar-refractivity contribution in [3.8, 4) is 6.07 Å². The Morgan fingerprint density at radius 2 is 2.27 bits per heavy atom. The van der Waals surface area contributed by atoms with Gasteiger partial charge in [0.05, 0.1) is 5.02 Å². The standard InChI is InChI=1S/C10H10ClN3O/c1-5(15)3-7-6(2)14-10(13)8(4-12)9(7)11/h3H2,1-2H3,(H2,13,14). The van der Waals surface area contributed by atoms with Gasteiger partial charge in [-0.25, -0.2) is 4.98 Å². The number of carbonyl (C=O) groups excluding carboxylic acids is 1. The topological polar surface area (TPSA) is 79.8 Å². The molecule has 0 aliphatic rings. The molecule has 0 atom stereocenters. The van der Waals surface area contributed by atoms with Crippen LogP contribution in [0.25, 0.3) is 0 Å². The minimum absolute atomic E-state index is 0.0320. The number of nitrogens with zero attached hydrogens (tertiary/aromatic N) is 2. The van der Waals surface area contributed by atoms with E-state index in [9.17, 15) is 4.79 Å². The average molecular weight is 224 g/mol. The van der Waals surface area contributed by atoms with Crippen LogP contribution in [-0.2, 0) is 11.2 Å². The van der Waals surface area contributed by atoms with Crippen LogP contribution in [0.15, 0.2) is 0 Å². The van der Waals surface area contributed by atoms with Crippen LogP contribution in [0.4, 0.5) is 5.82 Å². The van der Waals surface area contributed by atoms with Crippen LogP contribution in [0.3, 0.4) is 0 Å². The lowest BCUT2D eigenvalue weighted by Crippen LogP contribution is -2.06. The van der Waals surface area contributed by atoms with Gasteiger partial charge in [0.1, 0.15) is 23.2 Å². The number of anilines is 1. The first kappa shape index (κ1) is 11.5. The molecule has 2 N–H and O–H groups in total. The molecule has 1 aromatic rings. The van der Waals surface area contributed by atoms with Gasteiger partial charge in [0.15, 0.2) is 0 Å². The highest BCUT2D eigenvalue weighted by atomic mass is 35.5. The van der Waals surface area contributed by atoms with Crippen LogP contribution >= 0.6 is 11.6 Å². The number of hydrogen-bond acceptors (Lipinski definition) is 4. The Balaban J connectivity index is 3.40. The van der Waals surface area contributed by atoms with E-state index >= 15 is 0 Å². The summed E-state index contributed by atoms with van der Waals surface area (Å²) in [5.41, 5.74) is 6.84. The van der Waals surface area contributed by atoms with Gasteiger partial charge in [-0.2, -0.15) is 5.26 Å². The quantitative estimate of drug-likeness (QED) is 0.826. The van der Waals surface area contributed by atoms with Crippen LogP contribution in [-0.4, -0.2) is 10.8 Å². The summed E-state index contributed by atoms with van der Waals surface area (Å²) in [7, 11) is 0. The fourth-order valence-electron chi connectivity index (χ4n) is 1.29. The van der Waals surface area contributed by atoms with Crippen LogP contribution in [0.1, 0.15) is 23.7 Å². The average Bonchev–Trinajstić information content (AvgIpc) is 2.12. The number of halogens is 1. The Hall–Kier alpha value is -1.60. The highest BCUT2D eigenvalue weighted by molar-refractivity contribution is 6.33. The summed E-state index contributed by atoms with van der Waals surface area (Å²) in [6.45, 7) is 3.17. The van der Waals surface area contributed by atoms with Crippen molar-refractivity contribution in [1.82, 2.24) is 4.98 Å². The van der Waals surface area contributed by atoms with Crippen molar-refractivity contribution in [3.63, 3.8) is 0 Å². The zero-order valence-corrected chi connectivity index (χ0v) is 9.22. The summed E-state index contributed by atoms with van der Waals surface area (Å²) < 4.78 is 0. The Morgan fingerprint density at radius 3 is 2.73 bits per heavy atom. The molecule has 0 amide bonds. The molecule has 0 aliphatic heterocycles. The molecular weight excluding hydrogens is 214 g/mol. The van der Waals surface area contributed by atoms with Crippen LogP contribution in [0.2, 0.25) is 5.02 Å². The largest absolute Gasteiger partial charge is 0.383 e. The highest BCUT2D eigenvalue weighted by Crippen LogP contribution is 2.27. The van der Waals surface area contributed by atoms with Gasteiger partial charge in [-0.1, -0.05) is 11.6 Å². The number of aromatic nitrogens is 1. The van der Waals surface area contributed by atoms with Crippen molar-refractivity contribution in [2.75, 3.05) is 5.73 Å². The molecule has 0 spiro atoms. The fraction of sp³-hybridized carbons (Fsp3) is 0.300. The van der Waals surface area contributed by atoms with Gasteiger partial charge in [-0.05, 0) is 13.8 Å². The molecule has 0 fully saturated rings. The van der Waals surface area contributed by atoms with Crippen molar-refractivity contribution < 1.29 is 4.79 Å². The number of carbonyl (C=O) groups is 1. The monoisotopic (exact) mass is 223 g/mol. The third-order valence-corrected chi connectivity index (χ3v) is 2.42. The number of pyridine rings is 1. The number of ketones is 1. The number of nitrogen functional groups attached to an aromatic ring is 1. The summed E-state index contributed by atoms with van der Waals surface area (Å²) in [5, 5.41) is 9.04. The maximum absolute atomic E-state index is 11.0. The second-order valence-electron chi connectivity index (χ2n) is 3.24. The molecule has 0 aliphatic carbocycles. The van der Waals surface area contributed by atoms with Gasteiger partial charge >= 0.3 is 0 Å². The Morgan fingerprint density at radius 1 is 1.67 bits per heavy atom. The molecular formula is C10H10ClN3O. The number of Topliss-reactive ketones (excluding diaryl/α,β-unsaturated/α-hetero) is 1. The summed E-state index contributed by atoms with van der Waals surface area (Å²) in [4.78, 5) is 15.0. The molecule has 0 radical (unpaired) electrons. The summed E-state index contributed by atoms with van der Waals surface area (Å²) >= 11 is 5.97. The van der Waals surface area contributed by atoms with E-state index < -0.39 is 0 Å². The van der Waals surface area contributed by atoms with Gasteiger partial charge in [0.2, 0.25) is 0 Å². The smallest absolute Gasteiger partial charge is 0.143 e. The van der Waals surface area contributed by atoms with Gasteiger partial charge in [-0.15, -0.1) is 0 Å². The van der Waals surface area contributed by atoms with E-state index in [0.717, 1.165) is 0 Å². The van der Waals surface area contributed by atoms with E-state index in [1.807, 2.05) is 6.07 Å². The number of hydrogen-bond donors (Lipinski definition) is 1. The molecule has 1 aromatic heterocycles. The van der Waals surface area contributed by atoms with Crippen molar-refractivity contribution in [2.45, 2.75) is 20.3 Å². The van der Waals surface area contributed by atoms with E-state index in [1.54, 1.807) is 6.92 Å². The molecule has 1 heterocycles. The second kappa shape index (κ2) is 4.28. The minimum Gasteiger partial charge on any atom is -0.383 e. The van der Waals surface area contributed by atoms with Gasteiger partial charge in [0.25, 0.3) is 0 Å². The molecule has 0 bridgehead atoms. The Labute approximate surface area is 92.7 Å². The molecule has 0 unspecified atom stereocenters. The lowest BCUT2D eigenvalue weighted by molar-refractivity contribution is -0.116. The maximum Gasteiger partial charge on any atom is 0.143 e. The van der Waals surface area contributed by atoms with Crippen LogP contribution < -0.4 is 5.73 Å². The van der Waals surface area contributed by atoms with E-state index in [4.69, 9.17) is 22.6 Å². The molecule has 0 saturated heterocycles. The zero-order chi connectivity index (χ0) is 11.6. The lowest BCUT2D eigenvalue weighted by Gasteiger charge is -2.09. The molecule has 0 saturated carbocycles. The molecule has 5 heteroatoms. The van der Waals surface area contributed by atoms with Crippen LogP contribution in [0, 0.1) is 18.3 Å². The van der Waals surface area contributed by atoms with Crippen molar-refractivity contribution in [2.24, 2.45) is 0 Å². The van der Waals surface area contributed by atoms with Crippen molar-refractivity contribution in [1.29, 1.82) is 5.26 Å².